The third-order valence-corrected chi connectivity index (χ3v) is 15.8. The van der Waals surface area contributed by atoms with Gasteiger partial charge in [0.05, 0.1) is 0 Å². The molecule has 4 aromatic carbocycles. The zero-order valence-corrected chi connectivity index (χ0v) is 24.8. The van der Waals surface area contributed by atoms with Gasteiger partial charge >= 0.3 is 0 Å². The van der Waals surface area contributed by atoms with Gasteiger partial charge in [-0.1, -0.05) is 85.8 Å². The smallest absolute Gasteiger partial charge is 0.117 e. The molecule has 4 aromatic rings. The molecule has 0 saturated carbocycles. The molecule has 2 heterocycles. The Balaban J connectivity index is 1.49. The van der Waals surface area contributed by atoms with Gasteiger partial charge in [-0.15, -0.1) is 0 Å². The molecule has 2 nitrogen and oxygen atoms in total. The first kappa shape index (κ1) is 23.3. The zero-order chi connectivity index (χ0) is 25.6. The number of hydrogen-bond acceptors (Lipinski definition) is 2. The predicted molar refractivity (Wildman–Crippen MR) is 164 cm³/mol. The van der Waals surface area contributed by atoms with Gasteiger partial charge in [0.25, 0.3) is 0 Å². The normalized spacial score (nSPS) is 16.7. The van der Waals surface area contributed by atoms with Crippen molar-refractivity contribution in [2.75, 3.05) is 23.9 Å². The van der Waals surface area contributed by atoms with Crippen LogP contribution in [0.2, 0.25) is 26.2 Å². The molecule has 0 fully saturated rings. The number of anilines is 4. The summed E-state index contributed by atoms with van der Waals surface area (Å²) < 4.78 is 0. The molecule has 0 unspecified atom stereocenters. The van der Waals surface area contributed by atoms with Crippen molar-refractivity contribution in [2.24, 2.45) is 0 Å². The largest absolute Gasteiger partial charge is 0.345 e. The lowest BCUT2D eigenvalue weighted by molar-refractivity contribution is 1.21. The third kappa shape index (κ3) is 3.20. The molecule has 0 amide bonds. The van der Waals surface area contributed by atoms with E-state index in [-0.39, 0.29) is 0 Å². The summed E-state index contributed by atoms with van der Waals surface area (Å²) in [6.07, 6.45) is 0. The second-order valence-electron chi connectivity index (χ2n) is 11.9. The van der Waals surface area contributed by atoms with Crippen LogP contribution in [0.1, 0.15) is 11.1 Å². The Morgan fingerprint density at radius 1 is 0.444 bits per heavy atom. The molecule has 0 saturated heterocycles. The molecular formula is C32H36N2Si2. The van der Waals surface area contributed by atoms with Crippen molar-refractivity contribution < 1.29 is 0 Å². The highest BCUT2D eigenvalue weighted by molar-refractivity contribution is 7.03. The van der Waals surface area contributed by atoms with Crippen molar-refractivity contribution >= 4 is 59.6 Å². The van der Waals surface area contributed by atoms with Gasteiger partial charge in [-0.25, -0.2) is 0 Å². The maximum absolute atomic E-state index is 2.51. The Labute approximate surface area is 218 Å². The van der Waals surface area contributed by atoms with Gasteiger partial charge in [0.15, 0.2) is 0 Å². The van der Waals surface area contributed by atoms with Crippen molar-refractivity contribution in [2.45, 2.75) is 40.0 Å². The van der Waals surface area contributed by atoms with E-state index < -0.39 is 16.1 Å². The highest BCUT2D eigenvalue weighted by Gasteiger charge is 2.39. The van der Waals surface area contributed by atoms with Gasteiger partial charge < -0.3 is 9.80 Å². The maximum Gasteiger partial charge on any atom is 0.117 e. The molecule has 182 valence electrons. The van der Waals surface area contributed by atoms with Crippen LogP contribution in [0.4, 0.5) is 22.7 Å². The molecule has 6 rings (SSSR count). The van der Waals surface area contributed by atoms with Gasteiger partial charge in [0.2, 0.25) is 0 Å². The summed E-state index contributed by atoms with van der Waals surface area (Å²) in [5, 5.41) is 6.16. The van der Waals surface area contributed by atoms with E-state index in [9.17, 15) is 0 Å². The number of hydrogen-bond donors (Lipinski definition) is 0. The molecule has 0 N–H and O–H groups in total. The molecule has 2 aliphatic heterocycles. The van der Waals surface area contributed by atoms with E-state index in [0.29, 0.717) is 0 Å². The van der Waals surface area contributed by atoms with Crippen molar-refractivity contribution in [3.05, 3.63) is 83.9 Å². The SMILES string of the molecule is Cc1ccc2c(c1)[Si](C)(C)c1cc(-c3ccc4c(c3)[Si](C)(C)c3cc(C)ccc3N4C)ccc1N2C. The van der Waals surface area contributed by atoms with Crippen LogP contribution in [-0.2, 0) is 0 Å². The van der Waals surface area contributed by atoms with E-state index >= 15 is 0 Å². The van der Waals surface area contributed by atoms with Gasteiger partial charge in [0, 0.05) is 36.8 Å². The van der Waals surface area contributed by atoms with Crippen molar-refractivity contribution in [1.82, 2.24) is 0 Å². The van der Waals surface area contributed by atoms with E-state index in [1.165, 1.54) is 55.4 Å². The molecule has 2 aliphatic rings. The van der Waals surface area contributed by atoms with E-state index in [0.717, 1.165) is 0 Å². The fourth-order valence-corrected chi connectivity index (χ4v) is 12.8. The third-order valence-electron chi connectivity index (χ3n) is 8.77. The van der Waals surface area contributed by atoms with Gasteiger partial charge in [-0.2, -0.15) is 0 Å². The highest BCUT2D eigenvalue weighted by atomic mass is 28.3. The minimum atomic E-state index is -1.83. The van der Waals surface area contributed by atoms with Gasteiger partial charge in [0.1, 0.15) is 16.1 Å². The number of benzene rings is 4. The van der Waals surface area contributed by atoms with E-state index in [1.54, 1.807) is 10.4 Å². The van der Waals surface area contributed by atoms with Crippen molar-refractivity contribution in [3.63, 3.8) is 0 Å². The second kappa shape index (κ2) is 7.71. The number of aryl methyl sites for hydroxylation is 2. The monoisotopic (exact) mass is 504 g/mol. The molecule has 0 aliphatic carbocycles. The summed E-state index contributed by atoms with van der Waals surface area (Å²) in [4.78, 5) is 4.78. The molecular weight excluding hydrogens is 469 g/mol. The first-order valence-electron chi connectivity index (χ1n) is 13.0. The van der Waals surface area contributed by atoms with Crippen LogP contribution < -0.4 is 30.5 Å². The van der Waals surface area contributed by atoms with Crippen LogP contribution in [0.5, 0.6) is 0 Å². The van der Waals surface area contributed by atoms with Crippen LogP contribution in [0.15, 0.2) is 72.8 Å². The standard InChI is InChI=1S/C32H36N2Si2/c1-21-9-13-25-29(17-21)35(5,6)31-19-23(11-15-27(31)33(25)3)24-12-16-28-32(20-24)36(7,8)30-18-22(2)10-14-26(30)34(28)4/h9-20H,1-8H3. The van der Waals surface area contributed by atoms with Crippen molar-refractivity contribution in [3.8, 4) is 11.1 Å². The quantitative estimate of drug-likeness (QED) is 0.303. The molecule has 36 heavy (non-hydrogen) atoms. The fourth-order valence-electron chi connectivity index (χ4n) is 6.45. The number of rotatable bonds is 1. The van der Waals surface area contributed by atoms with Crippen LogP contribution in [-0.4, -0.2) is 30.2 Å². The van der Waals surface area contributed by atoms with E-state index in [1.807, 2.05) is 0 Å². The molecule has 0 radical (unpaired) electrons. The molecule has 0 atom stereocenters. The van der Waals surface area contributed by atoms with Crippen LogP contribution >= 0.6 is 0 Å². The van der Waals surface area contributed by atoms with Crippen LogP contribution in [0.3, 0.4) is 0 Å². The van der Waals surface area contributed by atoms with Gasteiger partial charge in [-0.05, 0) is 70.0 Å². The minimum Gasteiger partial charge on any atom is -0.345 e. The minimum absolute atomic E-state index is 1.34. The Bertz CT molecular complexity index is 1430. The summed E-state index contributed by atoms with van der Waals surface area (Å²) >= 11 is 0. The summed E-state index contributed by atoms with van der Waals surface area (Å²) in [7, 11) is 0.778. The first-order chi connectivity index (χ1) is 17.0. The Morgan fingerprint density at radius 3 is 1.11 bits per heavy atom. The maximum atomic E-state index is 2.51. The predicted octanol–water partition coefficient (Wildman–Crippen LogP) is 5.78. The average molecular weight is 505 g/mol. The zero-order valence-electron chi connectivity index (χ0n) is 22.8. The topological polar surface area (TPSA) is 6.48 Å². The number of nitrogens with zero attached hydrogens (tertiary/aromatic N) is 2. The summed E-state index contributed by atoms with van der Waals surface area (Å²) in [5.41, 5.74) is 10.8. The number of fused-ring (bicyclic) bond motifs is 4. The molecule has 0 spiro atoms. The second-order valence-corrected chi connectivity index (χ2v) is 20.5. The molecule has 0 aromatic heterocycles. The Kier molecular flexibility index (Phi) is 4.99. The van der Waals surface area contributed by atoms with E-state index in [2.05, 4.69) is 137 Å². The lowest BCUT2D eigenvalue weighted by atomic mass is 10.0. The van der Waals surface area contributed by atoms with Crippen LogP contribution in [0, 0.1) is 13.8 Å². The Morgan fingerprint density at radius 2 is 0.750 bits per heavy atom. The lowest BCUT2D eigenvalue weighted by Crippen LogP contribution is -2.59. The Hall–Kier alpha value is -3.09. The van der Waals surface area contributed by atoms with Crippen molar-refractivity contribution in [1.29, 1.82) is 0 Å². The van der Waals surface area contributed by atoms with E-state index in [4.69, 9.17) is 0 Å². The van der Waals surface area contributed by atoms with Gasteiger partial charge in [-0.3, -0.25) is 0 Å². The fraction of sp³-hybridized carbons (Fsp3) is 0.250. The van der Waals surface area contributed by atoms with Crippen LogP contribution in [0.25, 0.3) is 11.1 Å². The lowest BCUT2D eigenvalue weighted by Gasteiger charge is -2.40. The first-order valence-corrected chi connectivity index (χ1v) is 19.0. The summed E-state index contributed by atoms with van der Waals surface area (Å²) in [6, 6.07) is 28.3. The highest BCUT2D eigenvalue weighted by Crippen LogP contribution is 2.35. The summed E-state index contributed by atoms with van der Waals surface area (Å²) in [6.45, 7) is 14.5. The molecule has 4 heteroatoms. The molecule has 0 bridgehead atoms. The summed E-state index contributed by atoms with van der Waals surface area (Å²) in [5.74, 6) is 0. The average Bonchev–Trinajstić information content (AvgIpc) is 2.86.